The van der Waals surface area contributed by atoms with Crippen molar-refractivity contribution in [2.75, 3.05) is 25.0 Å². The Labute approximate surface area is 179 Å². The molecule has 0 spiro atoms. The molecular formula is C24H24N4O3. The third kappa shape index (κ3) is 3.36. The zero-order valence-electron chi connectivity index (χ0n) is 17.6. The van der Waals surface area contributed by atoms with Crippen LogP contribution in [0.1, 0.15) is 40.6 Å². The van der Waals surface area contributed by atoms with Gasteiger partial charge >= 0.3 is 0 Å². The Balaban J connectivity index is 1.48. The highest BCUT2D eigenvalue weighted by Crippen LogP contribution is 2.35. The number of rotatable bonds is 3. The number of aromatic nitrogens is 2. The molecule has 0 bridgehead atoms. The average molecular weight is 416 g/mol. The fraction of sp³-hybridized carbons (Fsp3) is 0.292. The van der Waals surface area contributed by atoms with Crippen LogP contribution in [-0.4, -0.2) is 36.0 Å². The van der Waals surface area contributed by atoms with Gasteiger partial charge in [0.2, 0.25) is 0 Å². The highest BCUT2D eigenvalue weighted by molar-refractivity contribution is 6.07. The number of fused-ring (bicyclic) bond motifs is 2. The number of aryl methyl sites for hydroxylation is 1. The summed E-state index contributed by atoms with van der Waals surface area (Å²) in [7, 11) is 1.54. The molecule has 4 aromatic rings. The fourth-order valence-electron chi connectivity index (χ4n) is 4.47. The largest absolute Gasteiger partial charge is 0.440 e. The molecule has 1 aliphatic rings. The van der Waals surface area contributed by atoms with E-state index in [9.17, 15) is 9.59 Å². The lowest BCUT2D eigenvalue weighted by Crippen LogP contribution is -2.37. The summed E-state index contributed by atoms with van der Waals surface area (Å²) in [6, 6.07) is 13.6. The van der Waals surface area contributed by atoms with Gasteiger partial charge in [-0.15, -0.1) is 0 Å². The minimum atomic E-state index is -0.376. The van der Waals surface area contributed by atoms with Gasteiger partial charge in [0.1, 0.15) is 11.1 Å². The second-order valence-corrected chi connectivity index (χ2v) is 8.09. The summed E-state index contributed by atoms with van der Waals surface area (Å²) >= 11 is 0. The normalized spacial score (nSPS) is 15.0. The number of carbonyl (C=O) groups is 1. The molecule has 5 rings (SSSR count). The smallest absolute Gasteiger partial charge is 0.263 e. The van der Waals surface area contributed by atoms with E-state index < -0.39 is 0 Å². The highest BCUT2D eigenvalue weighted by Gasteiger charge is 2.29. The van der Waals surface area contributed by atoms with Crippen LogP contribution in [0.4, 0.5) is 5.69 Å². The van der Waals surface area contributed by atoms with E-state index in [4.69, 9.17) is 9.40 Å². The standard InChI is InChI=1S/C24H24N4O3/c1-14-7-8-19-18(13-14)27-24(31-19)15-9-11-28(12-10-15)21-16-5-3-4-6-17(16)26-23(30)20(21)22(29)25-2/h3-8,13,15H,9-12H2,1-2H3,(H,25,29)(H,26,30). The lowest BCUT2D eigenvalue weighted by molar-refractivity contribution is 0.0962. The van der Waals surface area contributed by atoms with Crippen molar-refractivity contribution in [2.45, 2.75) is 25.7 Å². The highest BCUT2D eigenvalue weighted by atomic mass is 16.3. The number of hydrogen-bond acceptors (Lipinski definition) is 5. The van der Waals surface area contributed by atoms with Crippen LogP contribution in [0.3, 0.4) is 0 Å². The lowest BCUT2D eigenvalue weighted by atomic mass is 9.95. The summed E-state index contributed by atoms with van der Waals surface area (Å²) in [5, 5.41) is 3.48. The van der Waals surface area contributed by atoms with E-state index in [-0.39, 0.29) is 22.9 Å². The molecular weight excluding hydrogens is 392 g/mol. The molecule has 7 nitrogen and oxygen atoms in total. The Hall–Kier alpha value is -3.61. The third-order valence-corrected chi connectivity index (χ3v) is 6.07. The van der Waals surface area contributed by atoms with E-state index in [2.05, 4.69) is 15.2 Å². The Morgan fingerprint density at radius 2 is 1.97 bits per heavy atom. The Kier molecular flexibility index (Phi) is 4.73. The average Bonchev–Trinajstić information content (AvgIpc) is 3.21. The number of carbonyl (C=O) groups excluding carboxylic acids is 1. The first-order valence-electron chi connectivity index (χ1n) is 10.5. The van der Waals surface area contributed by atoms with Crippen molar-refractivity contribution in [1.29, 1.82) is 0 Å². The minimum absolute atomic E-state index is 0.164. The molecule has 0 saturated carbocycles. The van der Waals surface area contributed by atoms with Gasteiger partial charge in [0.05, 0.1) is 11.2 Å². The van der Waals surface area contributed by atoms with Gasteiger partial charge in [-0.3, -0.25) is 9.59 Å². The predicted octanol–water partition coefficient (Wildman–Crippen LogP) is 3.72. The van der Waals surface area contributed by atoms with E-state index >= 15 is 0 Å². The van der Waals surface area contributed by atoms with Gasteiger partial charge in [-0.1, -0.05) is 24.3 Å². The van der Waals surface area contributed by atoms with E-state index in [0.717, 1.165) is 46.3 Å². The summed E-state index contributed by atoms with van der Waals surface area (Å²) in [4.78, 5) is 35.0. The van der Waals surface area contributed by atoms with E-state index in [0.29, 0.717) is 18.8 Å². The van der Waals surface area contributed by atoms with Gasteiger partial charge in [0, 0.05) is 31.4 Å². The van der Waals surface area contributed by atoms with Crippen molar-refractivity contribution in [2.24, 2.45) is 0 Å². The Bertz CT molecular complexity index is 1350. The first kappa shape index (κ1) is 19.4. The second-order valence-electron chi connectivity index (χ2n) is 8.09. The zero-order valence-corrected chi connectivity index (χ0v) is 17.6. The molecule has 2 aromatic carbocycles. The van der Waals surface area contributed by atoms with Crippen molar-refractivity contribution in [3.05, 3.63) is 69.8 Å². The van der Waals surface area contributed by atoms with Crippen molar-refractivity contribution in [3.63, 3.8) is 0 Å². The number of para-hydroxylation sites is 1. The monoisotopic (exact) mass is 416 g/mol. The molecule has 1 amide bonds. The number of aromatic amines is 1. The number of benzene rings is 2. The van der Waals surface area contributed by atoms with Crippen LogP contribution >= 0.6 is 0 Å². The van der Waals surface area contributed by atoms with Crippen molar-refractivity contribution in [3.8, 4) is 0 Å². The lowest BCUT2D eigenvalue weighted by Gasteiger charge is -2.34. The quantitative estimate of drug-likeness (QED) is 0.531. The third-order valence-electron chi connectivity index (χ3n) is 6.07. The number of H-pyrrole nitrogens is 1. The molecule has 2 N–H and O–H groups in total. The Morgan fingerprint density at radius 3 is 2.74 bits per heavy atom. The number of amides is 1. The maximum absolute atomic E-state index is 12.7. The molecule has 158 valence electrons. The number of hydrogen-bond donors (Lipinski definition) is 2. The molecule has 3 heterocycles. The molecule has 7 heteroatoms. The van der Waals surface area contributed by atoms with Gasteiger partial charge in [-0.05, 0) is 43.5 Å². The zero-order chi connectivity index (χ0) is 21.5. The molecule has 1 aliphatic heterocycles. The molecule has 2 aromatic heterocycles. The molecule has 0 aliphatic carbocycles. The topological polar surface area (TPSA) is 91.2 Å². The Morgan fingerprint density at radius 1 is 1.19 bits per heavy atom. The van der Waals surface area contributed by atoms with Crippen LogP contribution in [0.2, 0.25) is 0 Å². The van der Waals surface area contributed by atoms with Crippen LogP contribution in [0, 0.1) is 6.92 Å². The minimum Gasteiger partial charge on any atom is -0.440 e. The molecule has 1 fully saturated rings. The van der Waals surface area contributed by atoms with Gasteiger partial charge in [-0.2, -0.15) is 0 Å². The fourth-order valence-corrected chi connectivity index (χ4v) is 4.47. The van der Waals surface area contributed by atoms with Crippen LogP contribution in [-0.2, 0) is 0 Å². The molecule has 0 radical (unpaired) electrons. The van der Waals surface area contributed by atoms with Gasteiger partial charge in [0.25, 0.3) is 11.5 Å². The number of pyridine rings is 1. The predicted molar refractivity (Wildman–Crippen MR) is 121 cm³/mol. The summed E-state index contributed by atoms with van der Waals surface area (Å²) in [5.41, 5.74) is 4.08. The number of piperidine rings is 1. The molecule has 0 atom stereocenters. The summed E-state index contributed by atoms with van der Waals surface area (Å²) in [6.45, 7) is 3.46. The number of nitrogens with one attached hydrogen (secondary N) is 2. The van der Waals surface area contributed by atoms with E-state index in [1.807, 2.05) is 49.4 Å². The molecule has 31 heavy (non-hydrogen) atoms. The van der Waals surface area contributed by atoms with E-state index in [1.54, 1.807) is 7.05 Å². The number of oxazole rings is 1. The first-order chi connectivity index (χ1) is 15.0. The maximum Gasteiger partial charge on any atom is 0.263 e. The van der Waals surface area contributed by atoms with E-state index in [1.165, 1.54) is 0 Å². The van der Waals surface area contributed by atoms with Crippen molar-refractivity contribution in [1.82, 2.24) is 15.3 Å². The summed E-state index contributed by atoms with van der Waals surface area (Å²) in [5.74, 6) is 0.599. The summed E-state index contributed by atoms with van der Waals surface area (Å²) < 4.78 is 6.02. The van der Waals surface area contributed by atoms with Crippen LogP contribution in [0.5, 0.6) is 0 Å². The first-order valence-corrected chi connectivity index (χ1v) is 10.5. The van der Waals surface area contributed by atoms with Gasteiger partial charge in [-0.25, -0.2) is 4.98 Å². The van der Waals surface area contributed by atoms with Crippen molar-refractivity contribution >= 4 is 33.6 Å². The maximum atomic E-state index is 12.7. The van der Waals surface area contributed by atoms with Crippen molar-refractivity contribution < 1.29 is 9.21 Å². The van der Waals surface area contributed by atoms with Gasteiger partial charge < -0.3 is 19.6 Å². The molecule has 0 unspecified atom stereocenters. The number of nitrogens with zero attached hydrogens (tertiary/aromatic N) is 2. The SMILES string of the molecule is CNC(=O)c1c(N2CCC(c3nc4cc(C)ccc4o3)CC2)c2ccccc2[nH]c1=O. The molecule has 1 saturated heterocycles. The summed E-state index contributed by atoms with van der Waals surface area (Å²) in [6.07, 6.45) is 1.67. The van der Waals surface area contributed by atoms with Crippen LogP contribution in [0.15, 0.2) is 51.7 Å². The number of anilines is 1. The van der Waals surface area contributed by atoms with Gasteiger partial charge in [0.15, 0.2) is 11.5 Å². The van der Waals surface area contributed by atoms with Crippen LogP contribution < -0.4 is 15.8 Å². The van der Waals surface area contributed by atoms with Crippen LogP contribution in [0.25, 0.3) is 22.0 Å². The second kappa shape index (κ2) is 7.58.